The molecule has 4 heterocycles. The van der Waals surface area contributed by atoms with Crippen LogP contribution in [-0.4, -0.2) is 43.3 Å². The van der Waals surface area contributed by atoms with Crippen molar-refractivity contribution in [2.75, 3.05) is 14.2 Å². The highest BCUT2D eigenvalue weighted by Crippen LogP contribution is 2.46. The summed E-state index contributed by atoms with van der Waals surface area (Å²) in [6.07, 6.45) is 2.64. The second-order valence-electron chi connectivity index (χ2n) is 11.0. The molecule has 9 nitrogen and oxygen atoms in total. The number of ether oxygens (including phenoxy) is 2. The van der Waals surface area contributed by atoms with Gasteiger partial charge in [-0.05, 0) is 49.4 Å². The third-order valence-electron chi connectivity index (χ3n) is 8.01. The van der Waals surface area contributed by atoms with Crippen LogP contribution in [0, 0.1) is 5.82 Å². The number of alkyl halides is 3. The van der Waals surface area contributed by atoms with Crippen LogP contribution >= 0.6 is 0 Å². The fraction of sp³-hybridized carbons (Fsp3) is 0.323. The average Bonchev–Trinajstić information content (AvgIpc) is 3.96. The van der Waals surface area contributed by atoms with E-state index in [-0.39, 0.29) is 47.2 Å². The molecule has 0 amide bonds. The Balaban J connectivity index is 1.32. The SMILES string of the molecule is COc1cc(Cn2c(=O)ccc3cnc(-c4c(OC)ncnc4C4CC4)c(F)c32)ccc1-c1nc(C(F)(F)F)cn1C1CC1. The number of nitrogens with zero attached hydrogens (tertiary/aromatic N) is 6. The molecule has 4 aromatic heterocycles. The number of halogens is 4. The Hall–Kier alpha value is -4.81. The van der Waals surface area contributed by atoms with E-state index in [2.05, 4.69) is 19.9 Å². The first-order valence-corrected chi connectivity index (χ1v) is 14.1. The Morgan fingerprint density at radius 3 is 2.48 bits per heavy atom. The highest BCUT2D eigenvalue weighted by atomic mass is 19.4. The van der Waals surface area contributed by atoms with E-state index in [9.17, 15) is 18.0 Å². The van der Waals surface area contributed by atoms with Gasteiger partial charge in [0.25, 0.3) is 5.56 Å². The van der Waals surface area contributed by atoms with Gasteiger partial charge in [0.15, 0.2) is 11.5 Å². The van der Waals surface area contributed by atoms with Gasteiger partial charge in [0.2, 0.25) is 5.88 Å². The highest BCUT2D eigenvalue weighted by molar-refractivity contribution is 5.85. The molecule has 226 valence electrons. The fourth-order valence-corrected chi connectivity index (χ4v) is 5.57. The first-order valence-electron chi connectivity index (χ1n) is 14.1. The summed E-state index contributed by atoms with van der Waals surface area (Å²) in [4.78, 5) is 30.0. The standard InChI is InChI=1S/C31H26F4N6O3/c1-43-21-11-16(3-9-20(21)29-39-22(31(33,34)35)14-40(29)19-7-8-19)13-41-23(42)10-6-18-12-36-27(25(32)28(18)41)24-26(17-4-5-17)37-15-38-30(24)44-2/h3,6,9-12,14-15,17,19H,4-5,7-8,13H2,1-2H3. The molecule has 0 saturated heterocycles. The van der Waals surface area contributed by atoms with Crippen molar-refractivity contribution >= 4 is 10.9 Å². The van der Waals surface area contributed by atoms with Gasteiger partial charge in [-0.3, -0.25) is 9.78 Å². The molecule has 2 saturated carbocycles. The second kappa shape index (κ2) is 10.4. The number of fused-ring (bicyclic) bond motifs is 1. The second-order valence-corrected chi connectivity index (χ2v) is 11.0. The summed E-state index contributed by atoms with van der Waals surface area (Å²) < 4.78 is 70.9. The van der Waals surface area contributed by atoms with Crippen LogP contribution in [0.3, 0.4) is 0 Å². The third-order valence-corrected chi connectivity index (χ3v) is 8.01. The van der Waals surface area contributed by atoms with Crippen LogP contribution in [-0.2, 0) is 12.7 Å². The number of aromatic nitrogens is 6. The summed E-state index contributed by atoms with van der Waals surface area (Å²) in [5.74, 6) is 0.0457. The minimum absolute atomic E-state index is 0.0171. The zero-order chi connectivity index (χ0) is 30.7. The lowest BCUT2D eigenvalue weighted by molar-refractivity contribution is -0.140. The molecular formula is C31H26F4N6O3. The van der Waals surface area contributed by atoms with Gasteiger partial charge in [0, 0.05) is 35.8 Å². The van der Waals surface area contributed by atoms with Crippen LogP contribution in [0.5, 0.6) is 11.6 Å². The van der Waals surface area contributed by atoms with Gasteiger partial charge in [-0.15, -0.1) is 0 Å². The van der Waals surface area contributed by atoms with E-state index in [1.54, 1.807) is 18.2 Å². The summed E-state index contributed by atoms with van der Waals surface area (Å²) in [6, 6.07) is 7.69. The Morgan fingerprint density at radius 1 is 1.00 bits per heavy atom. The average molecular weight is 607 g/mol. The van der Waals surface area contributed by atoms with Crippen molar-refractivity contribution in [2.45, 2.75) is 50.4 Å². The number of rotatable bonds is 8. The first kappa shape index (κ1) is 28.0. The van der Waals surface area contributed by atoms with Gasteiger partial charge < -0.3 is 18.6 Å². The van der Waals surface area contributed by atoms with Crippen LogP contribution in [0.1, 0.15) is 54.6 Å². The zero-order valence-electron chi connectivity index (χ0n) is 23.7. The summed E-state index contributed by atoms with van der Waals surface area (Å²) in [5, 5.41) is 0.407. The lowest BCUT2D eigenvalue weighted by Gasteiger charge is -2.16. The Bertz CT molecular complexity index is 1980. The molecule has 2 fully saturated rings. The highest BCUT2D eigenvalue weighted by Gasteiger charge is 2.38. The molecule has 0 radical (unpaired) electrons. The number of methoxy groups -OCH3 is 2. The van der Waals surface area contributed by atoms with Gasteiger partial charge in [-0.25, -0.2) is 19.3 Å². The van der Waals surface area contributed by atoms with Gasteiger partial charge in [0.1, 0.15) is 23.6 Å². The number of benzene rings is 1. The molecule has 0 unspecified atom stereocenters. The Labute approximate surface area is 248 Å². The quantitative estimate of drug-likeness (QED) is 0.196. The van der Waals surface area contributed by atoms with E-state index in [1.165, 1.54) is 48.0 Å². The zero-order valence-corrected chi connectivity index (χ0v) is 23.7. The molecule has 2 aliphatic rings. The molecule has 0 spiro atoms. The summed E-state index contributed by atoms with van der Waals surface area (Å²) in [7, 11) is 2.85. The summed E-state index contributed by atoms with van der Waals surface area (Å²) in [6.45, 7) is -0.0457. The molecule has 5 aromatic rings. The van der Waals surface area contributed by atoms with E-state index in [0.29, 0.717) is 27.8 Å². The maximum absolute atomic E-state index is 16.5. The molecule has 1 aromatic carbocycles. The van der Waals surface area contributed by atoms with Crippen molar-refractivity contribution in [1.29, 1.82) is 0 Å². The molecule has 0 bridgehead atoms. The van der Waals surface area contributed by atoms with Crippen molar-refractivity contribution in [3.63, 3.8) is 0 Å². The summed E-state index contributed by atoms with van der Waals surface area (Å²) >= 11 is 0. The minimum Gasteiger partial charge on any atom is -0.496 e. The number of imidazole rings is 1. The predicted octanol–water partition coefficient (Wildman–Crippen LogP) is 6.15. The number of hydrogen-bond acceptors (Lipinski definition) is 7. The molecule has 44 heavy (non-hydrogen) atoms. The number of pyridine rings is 2. The van der Waals surface area contributed by atoms with Crippen LogP contribution in [0.2, 0.25) is 0 Å². The maximum Gasteiger partial charge on any atom is 0.434 e. The van der Waals surface area contributed by atoms with Crippen molar-refractivity contribution < 1.29 is 27.0 Å². The Morgan fingerprint density at radius 2 is 1.80 bits per heavy atom. The maximum atomic E-state index is 16.5. The largest absolute Gasteiger partial charge is 0.496 e. The molecule has 7 rings (SSSR count). The van der Waals surface area contributed by atoms with E-state index in [1.807, 2.05) is 0 Å². The van der Waals surface area contributed by atoms with Crippen molar-refractivity contribution in [2.24, 2.45) is 0 Å². The molecule has 13 heteroatoms. The van der Waals surface area contributed by atoms with Crippen LogP contribution in [0.4, 0.5) is 17.6 Å². The van der Waals surface area contributed by atoms with E-state index in [0.717, 1.165) is 31.9 Å². The minimum atomic E-state index is -4.59. The van der Waals surface area contributed by atoms with Crippen LogP contribution in [0.25, 0.3) is 33.5 Å². The monoisotopic (exact) mass is 606 g/mol. The number of hydrogen-bond donors (Lipinski definition) is 0. The van der Waals surface area contributed by atoms with Crippen LogP contribution < -0.4 is 15.0 Å². The Kier molecular flexibility index (Phi) is 6.63. The predicted molar refractivity (Wildman–Crippen MR) is 152 cm³/mol. The van der Waals surface area contributed by atoms with Crippen molar-refractivity contribution in [3.8, 4) is 34.3 Å². The molecule has 0 N–H and O–H groups in total. The molecule has 2 aliphatic carbocycles. The van der Waals surface area contributed by atoms with Gasteiger partial charge in [-0.2, -0.15) is 13.2 Å². The topological polar surface area (TPSA) is 97.0 Å². The van der Waals surface area contributed by atoms with E-state index in [4.69, 9.17) is 9.47 Å². The van der Waals surface area contributed by atoms with Crippen LogP contribution in [0.15, 0.2) is 53.8 Å². The molecule has 0 aliphatic heterocycles. The van der Waals surface area contributed by atoms with Gasteiger partial charge in [-0.1, -0.05) is 6.07 Å². The van der Waals surface area contributed by atoms with E-state index < -0.39 is 23.2 Å². The first-order chi connectivity index (χ1) is 21.2. The normalized spacial score (nSPS) is 15.1. The third kappa shape index (κ3) is 4.85. The molecule has 0 atom stereocenters. The van der Waals surface area contributed by atoms with Crippen molar-refractivity contribution in [3.05, 3.63) is 82.2 Å². The van der Waals surface area contributed by atoms with Gasteiger partial charge in [0.05, 0.1) is 43.1 Å². The lowest BCUT2D eigenvalue weighted by atomic mass is 10.0. The molecular weight excluding hydrogens is 580 g/mol. The smallest absolute Gasteiger partial charge is 0.434 e. The summed E-state index contributed by atoms with van der Waals surface area (Å²) in [5.41, 5.74) is 0.547. The van der Waals surface area contributed by atoms with Gasteiger partial charge >= 0.3 is 6.18 Å². The van der Waals surface area contributed by atoms with E-state index >= 15 is 4.39 Å². The van der Waals surface area contributed by atoms with Crippen molar-refractivity contribution in [1.82, 2.24) is 29.1 Å². The lowest BCUT2D eigenvalue weighted by Crippen LogP contribution is -2.21. The fourth-order valence-electron chi connectivity index (χ4n) is 5.57.